The van der Waals surface area contributed by atoms with Crippen LogP contribution in [0.5, 0.6) is 0 Å². The monoisotopic (exact) mass is 353 g/mol. The molecule has 21 heavy (non-hydrogen) atoms. The molecule has 1 unspecified atom stereocenters. The van der Waals surface area contributed by atoms with Gasteiger partial charge in [-0.3, -0.25) is 4.79 Å². The minimum Gasteiger partial charge on any atom is -0.348 e. The third-order valence-electron chi connectivity index (χ3n) is 4.37. The van der Waals surface area contributed by atoms with E-state index in [1.54, 1.807) is 0 Å². The second-order valence-electron chi connectivity index (χ2n) is 6.34. The molecule has 0 spiro atoms. The van der Waals surface area contributed by atoms with Crippen molar-refractivity contribution in [2.45, 2.75) is 45.2 Å². The number of carbonyl (C=O) groups is 1. The van der Waals surface area contributed by atoms with E-state index in [1.807, 2.05) is 18.2 Å². The molecule has 4 heteroatoms. The van der Waals surface area contributed by atoms with Crippen molar-refractivity contribution in [2.75, 3.05) is 13.6 Å². The maximum absolute atomic E-state index is 12.2. The van der Waals surface area contributed by atoms with Crippen LogP contribution in [0.15, 0.2) is 28.7 Å². The van der Waals surface area contributed by atoms with Crippen LogP contribution >= 0.6 is 15.9 Å². The average Bonchev–Trinajstić information content (AvgIpc) is 2.44. The molecule has 116 valence electrons. The number of nitrogens with one attached hydrogen (secondary N) is 2. The average molecular weight is 354 g/mol. The second-order valence-corrected chi connectivity index (χ2v) is 7.19. The summed E-state index contributed by atoms with van der Waals surface area (Å²) in [4.78, 5) is 13.4. The van der Waals surface area contributed by atoms with Gasteiger partial charge in [-0.1, -0.05) is 53.9 Å². The molecular weight excluding hydrogens is 328 g/mol. The van der Waals surface area contributed by atoms with E-state index in [2.05, 4.69) is 41.3 Å². The predicted molar refractivity (Wildman–Crippen MR) is 89.2 cm³/mol. The molecule has 1 amide bonds. The Kier molecular flexibility index (Phi) is 6.24. The second kappa shape index (κ2) is 7.95. The van der Waals surface area contributed by atoms with E-state index in [-0.39, 0.29) is 5.91 Å². The van der Waals surface area contributed by atoms with Crippen LogP contribution in [0.4, 0.5) is 0 Å². The molecule has 0 bridgehead atoms. The van der Waals surface area contributed by atoms with Gasteiger partial charge in [-0.25, -0.2) is 0 Å². The fourth-order valence-electron chi connectivity index (χ4n) is 3.09. The highest BCUT2D eigenvalue weighted by atomic mass is 79.9. The Morgan fingerprint density at radius 2 is 2.05 bits per heavy atom. The SMILES string of the molecule is C[C@@H]1CCCC[C@H]1NC(=O)C[NH+](C)Cc1ccccc1Br. The molecule has 3 atom stereocenters. The number of carbonyl (C=O) groups excluding carboxylic acids is 1. The van der Waals surface area contributed by atoms with Crippen LogP contribution in [-0.2, 0) is 11.3 Å². The number of hydrogen-bond donors (Lipinski definition) is 2. The molecule has 0 aromatic heterocycles. The summed E-state index contributed by atoms with van der Waals surface area (Å²) in [6, 6.07) is 8.58. The van der Waals surface area contributed by atoms with Gasteiger partial charge in [-0.2, -0.15) is 0 Å². The van der Waals surface area contributed by atoms with Crippen molar-refractivity contribution >= 4 is 21.8 Å². The fourth-order valence-corrected chi connectivity index (χ4v) is 3.52. The largest absolute Gasteiger partial charge is 0.348 e. The minimum absolute atomic E-state index is 0.179. The van der Waals surface area contributed by atoms with Crippen molar-refractivity contribution in [3.8, 4) is 0 Å². The molecule has 0 radical (unpaired) electrons. The van der Waals surface area contributed by atoms with Gasteiger partial charge in [-0.15, -0.1) is 0 Å². The van der Waals surface area contributed by atoms with E-state index < -0.39 is 0 Å². The van der Waals surface area contributed by atoms with Gasteiger partial charge in [0.25, 0.3) is 5.91 Å². The number of hydrogen-bond acceptors (Lipinski definition) is 1. The van der Waals surface area contributed by atoms with E-state index in [0.717, 1.165) is 17.4 Å². The van der Waals surface area contributed by atoms with Crippen LogP contribution < -0.4 is 10.2 Å². The van der Waals surface area contributed by atoms with Gasteiger partial charge in [0.15, 0.2) is 6.54 Å². The molecule has 3 nitrogen and oxygen atoms in total. The smallest absolute Gasteiger partial charge is 0.275 e. The van der Waals surface area contributed by atoms with E-state index in [1.165, 1.54) is 29.7 Å². The van der Waals surface area contributed by atoms with Crippen LogP contribution in [0.3, 0.4) is 0 Å². The summed E-state index contributed by atoms with van der Waals surface area (Å²) < 4.78 is 1.12. The Morgan fingerprint density at radius 1 is 1.33 bits per heavy atom. The molecule has 1 aromatic rings. The molecule has 1 fully saturated rings. The molecule has 0 heterocycles. The number of amides is 1. The number of benzene rings is 1. The Hall–Kier alpha value is -0.870. The Bertz CT molecular complexity index is 478. The summed E-state index contributed by atoms with van der Waals surface area (Å²) in [6.45, 7) is 3.64. The quantitative estimate of drug-likeness (QED) is 0.835. The van der Waals surface area contributed by atoms with Crippen molar-refractivity contribution in [1.29, 1.82) is 0 Å². The molecule has 1 saturated carbocycles. The number of likely N-dealkylation sites (N-methyl/N-ethyl adjacent to an activating group) is 1. The molecule has 2 rings (SSSR count). The van der Waals surface area contributed by atoms with Gasteiger partial charge in [0.2, 0.25) is 0 Å². The Morgan fingerprint density at radius 3 is 2.76 bits per heavy atom. The zero-order valence-corrected chi connectivity index (χ0v) is 14.6. The summed E-state index contributed by atoms with van der Waals surface area (Å²) in [5, 5.41) is 3.23. The molecule has 1 aliphatic rings. The van der Waals surface area contributed by atoms with Gasteiger partial charge < -0.3 is 10.2 Å². The molecule has 0 saturated heterocycles. The van der Waals surface area contributed by atoms with Crippen LogP contribution in [0, 0.1) is 5.92 Å². The lowest BCUT2D eigenvalue weighted by atomic mass is 9.86. The fraction of sp³-hybridized carbons (Fsp3) is 0.588. The van der Waals surface area contributed by atoms with Crippen LogP contribution in [0.25, 0.3) is 0 Å². The maximum Gasteiger partial charge on any atom is 0.275 e. The zero-order valence-electron chi connectivity index (χ0n) is 13.0. The maximum atomic E-state index is 12.2. The molecule has 0 aliphatic heterocycles. The van der Waals surface area contributed by atoms with Crippen molar-refractivity contribution in [1.82, 2.24) is 5.32 Å². The van der Waals surface area contributed by atoms with E-state index in [9.17, 15) is 4.79 Å². The van der Waals surface area contributed by atoms with Crippen molar-refractivity contribution < 1.29 is 9.69 Å². The van der Waals surface area contributed by atoms with Gasteiger partial charge in [0.05, 0.1) is 7.05 Å². The Labute approximate surface area is 136 Å². The van der Waals surface area contributed by atoms with Crippen LogP contribution in [0.1, 0.15) is 38.2 Å². The molecular formula is C17H26BrN2O+. The topological polar surface area (TPSA) is 33.5 Å². The Balaban J connectivity index is 1.80. The minimum atomic E-state index is 0.179. The first-order valence-electron chi connectivity index (χ1n) is 7.90. The van der Waals surface area contributed by atoms with Crippen LogP contribution in [-0.4, -0.2) is 25.5 Å². The lowest BCUT2D eigenvalue weighted by Gasteiger charge is -2.29. The summed E-state index contributed by atoms with van der Waals surface area (Å²) in [7, 11) is 2.07. The molecule has 1 aromatic carbocycles. The number of quaternary nitrogens is 1. The van der Waals surface area contributed by atoms with Gasteiger partial charge in [0, 0.05) is 16.1 Å². The summed E-state index contributed by atoms with van der Waals surface area (Å²) in [5.41, 5.74) is 1.24. The summed E-state index contributed by atoms with van der Waals surface area (Å²) in [5.74, 6) is 0.796. The van der Waals surface area contributed by atoms with Crippen molar-refractivity contribution in [3.63, 3.8) is 0 Å². The first-order chi connectivity index (χ1) is 10.1. The first-order valence-corrected chi connectivity index (χ1v) is 8.69. The third-order valence-corrected chi connectivity index (χ3v) is 5.14. The normalized spacial score (nSPS) is 23.6. The zero-order chi connectivity index (χ0) is 15.2. The van der Waals surface area contributed by atoms with Gasteiger partial charge in [0.1, 0.15) is 6.54 Å². The standard InChI is InChI=1S/C17H25BrN2O/c1-13-7-3-6-10-16(13)19-17(21)12-20(2)11-14-8-4-5-9-15(14)18/h4-5,8-9,13,16H,3,6-7,10-12H2,1-2H3,(H,19,21)/p+1/t13-,16-/m1/s1. The van der Waals surface area contributed by atoms with Crippen molar-refractivity contribution in [2.24, 2.45) is 5.92 Å². The highest BCUT2D eigenvalue weighted by molar-refractivity contribution is 9.10. The van der Waals surface area contributed by atoms with Gasteiger partial charge in [-0.05, 0) is 24.8 Å². The first kappa shape index (κ1) is 16.5. The van der Waals surface area contributed by atoms with E-state index in [0.29, 0.717) is 18.5 Å². The highest BCUT2D eigenvalue weighted by Crippen LogP contribution is 2.23. The molecule has 2 N–H and O–H groups in total. The van der Waals surface area contributed by atoms with E-state index in [4.69, 9.17) is 0 Å². The predicted octanol–water partition coefficient (Wildman–Crippen LogP) is 2.16. The number of rotatable bonds is 5. The number of halogens is 1. The molecule has 1 aliphatic carbocycles. The third kappa shape index (κ3) is 5.11. The highest BCUT2D eigenvalue weighted by Gasteiger charge is 2.23. The van der Waals surface area contributed by atoms with Crippen molar-refractivity contribution in [3.05, 3.63) is 34.3 Å². The lowest BCUT2D eigenvalue weighted by molar-refractivity contribution is -0.885. The summed E-state index contributed by atoms with van der Waals surface area (Å²) >= 11 is 3.56. The lowest BCUT2D eigenvalue weighted by Crippen LogP contribution is -3.09. The summed E-state index contributed by atoms with van der Waals surface area (Å²) in [6.07, 6.45) is 4.93. The van der Waals surface area contributed by atoms with Crippen LogP contribution in [0.2, 0.25) is 0 Å². The van der Waals surface area contributed by atoms with E-state index >= 15 is 0 Å². The van der Waals surface area contributed by atoms with Gasteiger partial charge >= 0.3 is 0 Å².